The standard InChI is InChI=1S/C18H38O6Si2/c1-8-9-12-25(4,5)24-26(6,7)13-10-11-22-14-18(20,21)15-23-17(19)16(2)3/h20-21H,2,8-15H2,1,3-7H3. The highest BCUT2D eigenvalue weighted by molar-refractivity contribution is 6.84. The molecule has 0 fully saturated rings. The van der Waals surface area contributed by atoms with E-state index in [1.165, 1.54) is 25.8 Å². The van der Waals surface area contributed by atoms with Gasteiger partial charge < -0.3 is 23.8 Å². The lowest BCUT2D eigenvalue weighted by molar-refractivity contribution is -0.225. The Morgan fingerprint density at radius 1 is 1.04 bits per heavy atom. The molecule has 0 spiro atoms. The summed E-state index contributed by atoms with van der Waals surface area (Å²) >= 11 is 0. The number of hydrogen-bond donors (Lipinski definition) is 2. The highest BCUT2D eigenvalue weighted by Gasteiger charge is 2.32. The van der Waals surface area contributed by atoms with E-state index < -0.39 is 35.0 Å². The van der Waals surface area contributed by atoms with Crippen LogP contribution in [0.5, 0.6) is 0 Å². The van der Waals surface area contributed by atoms with Crippen LogP contribution in [0.15, 0.2) is 12.2 Å². The van der Waals surface area contributed by atoms with Crippen LogP contribution < -0.4 is 0 Å². The van der Waals surface area contributed by atoms with E-state index in [1.807, 2.05) is 0 Å². The predicted molar refractivity (Wildman–Crippen MR) is 109 cm³/mol. The molecular weight excluding hydrogens is 368 g/mol. The van der Waals surface area contributed by atoms with Crippen LogP contribution in [0.4, 0.5) is 0 Å². The molecule has 0 aliphatic heterocycles. The molecular formula is C18H38O6Si2. The molecule has 0 aliphatic rings. The summed E-state index contributed by atoms with van der Waals surface area (Å²) in [6.07, 6.45) is 3.22. The van der Waals surface area contributed by atoms with Crippen LogP contribution in [0.1, 0.15) is 33.1 Å². The summed E-state index contributed by atoms with van der Waals surface area (Å²) in [5, 5.41) is 19.5. The molecule has 0 aromatic rings. The number of carbonyl (C=O) groups is 1. The molecule has 26 heavy (non-hydrogen) atoms. The van der Waals surface area contributed by atoms with E-state index in [1.54, 1.807) is 0 Å². The average Bonchev–Trinajstić information content (AvgIpc) is 2.49. The number of esters is 1. The van der Waals surface area contributed by atoms with Crippen molar-refractivity contribution in [2.45, 2.75) is 77.2 Å². The summed E-state index contributed by atoms with van der Waals surface area (Å²) in [7, 11) is -3.35. The summed E-state index contributed by atoms with van der Waals surface area (Å²) < 4.78 is 16.6. The van der Waals surface area contributed by atoms with Crippen molar-refractivity contribution in [2.24, 2.45) is 0 Å². The number of unbranched alkanes of at least 4 members (excludes halogenated alkanes) is 1. The fourth-order valence-electron chi connectivity index (χ4n) is 2.63. The van der Waals surface area contributed by atoms with Crippen molar-refractivity contribution in [1.82, 2.24) is 0 Å². The Morgan fingerprint density at radius 2 is 1.58 bits per heavy atom. The lowest BCUT2D eigenvalue weighted by Crippen LogP contribution is -2.44. The Kier molecular flexibility index (Phi) is 11.1. The number of carbonyl (C=O) groups excluding carboxylic acids is 1. The molecule has 0 heterocycles. The smallest absolute Gasteiger partial charge is 0.333 e. The van der Waals surface area contributed by atoms with Crippen molar-refractivity contribution in [1.29, 1.82) is 0 Å². The second-order valence-electron chi connectivity index (χ2n) is 8.22. The molecule has 2 N–H and O–H groups in total. The third-order valence-corrected chi connectivity index (χ3v) is 11.4. The zero-order valence-corrected chi connectivity index (χ0v) is 19.4. The van der Waals surface area contributed by atoms with E-state index in [2.05, 4.69) is 39.7 Å². The van der Waals surface area contributed by atoms with Crippen LogP contribution in [0.2, 0.25) is 38.3 Å². The topological polar surface area (TPSA) is 85.2 Å². The zero-order valence-electron chi connectivity index (χ0n) is 17.4. The largest absolute Gasteiger partial charge is 0.457 e. The highest BCUT2D eigenvalue weighted by atomic mass is 28.4. The molecule has 0 aromatic heterocycles. The second kappa shape index (κ2) is 11.4. The van der Waals surface area contributed by atoms with Gasteiger partial charge in [-0.2, -0.15) is 0 Å². The minimum atomic E-state index is -2.19. The number of ether oxygens (including phenoxy) is 2. The molecule has 0 unspecified atom stereocenters. The maximum absolute atomic E-state index is 11.3. The van der Waals surface area contributed by atoms with Gasteiger partial charge in [-0.3, -0.25) is 0 Å². The summed E-state index contributed by atoms with van der Waals surface area (Å²) in [5.74, 6) is -2.85. The second-order valence-corrected chi connectivity index (χ2v) is 17.1. The molecule has 154 valence electrons. The van der Waals surface area contributed by atoms with Crippen LogP contribution in [0.25, 0.3) is 0 Å². The van der Waals surface area contributed by atoms with Crippen LogP contribution in [0, 0.1) is 0 Å². The molecule has 0 aromatic carbocycles. The molecule has 6 nitrogen and oxygen atoms in total. The zero-order chi connectivity index (χ0) is 20.4. The normalized spacial score (nSPS) is 12.9. The first kappa shape index (κ1) is 25.5. The first-order chi connectivity index (χ1) is 11.8. The van der Waals surface area contributed by atoms with Crippen LogP contribution >= 0.6 is 0 Å². The molecule has 0 saturated carbocycles. The fraction of sp³-hybridized carbons (Fsp3) is 0.833. The van der Waals surface area contributed by atoms with Gasteiger partial charge in [0.25, 0.3) is 0 Å². The van der Waals surface area contributed by atoms with Crippen molar-refractivity contribution in [3.8, 4) is 0 Å². The van der Waals surface area contributed by atoms with Gasteiger partial charge in [-0.25, -0.2) is 4.79 Å². The third kappa shape index (κ3) is 12.8. The monoisotopic (exact) mass is 406 g/mol. The number of hydrogen-bond acceptors (Lipinski definition) is 6. The molecule has 0 rings (SSSR count). The first-order valence-corrected chi connectivity index (χ1v) is 15.6. The van der Waals surface area contributed by atoms with Gasteiger partial charge in [-0.15, -0.1) is 0 Å². The molecule has 0 aliphatic carbocycles. The maximum Gasteiger partial charge on any atom is 0.333 e. The van der Waals surface area contributed by atoms with Gasteiger partial charge in [-0.1, -0.05) is 26.3 Å². The van der Waals surface area contributed by atoms with E-state index in [0.29, 0.717) is 6.61 Å². The Hall–Kier alpha value is -0.516. The summed E-state index contributed by atoms with van der Waals surface area (Å²) in [5.41, 5.74) is 0.208. The Balaban J connectivity index is 4.09. The fourth-order valence-corrected chi connectivity index (χ4v) is 11.6. The van der Waals surface area contributed by atoms with E-state index in [4.69, 9.17) is 13.6 Å². The van der Waals surface area contributed by atoms with E-state index in [-0.39, 0.29) is 12.2 Å². The van der Waals surface area contributed by atoms with Gasteiger partial charge >= 0.3 is 5.97 Å². The van der Waals surface area contributed by atoms with Gasteiger partial charge in [0.05, 0.1) is 0 Å². The quantitative estimate of drug-likeness (QED) is 0.151. The molecule has 0 saturated heterocycles. The summed E-state index contributed by atoms with van der Waals surface area (Å²) in [6.45, 7) is 15.7. The Morgan fingerprint density at radius 3 is 2.08 bits per heavy atom. The van der Waals surface area contributed by atoms with Crippen molar-refractivity contribution in [3.05, 3.63) is 12.2 Å². The Labute approximate surface area is 160 Å². The predicted octanol–water partition coefficient (Wildman–Crippen LogP) is 3.42. The van der Waals surface area contributed by atoms with Crippen LogP contribution in [0.3, 0.4) is 0 Å². The van der Waals surface area contributed by atoms with Crippen molar-refractivity contribution < 1.29 is 28.6 Å². The van der Waals surface area contributed by atoms with Crippen LogP contribution in [-0.2, 0) is 18.4 Å². The van der Waals surface area contributed by atoms with Crippen molar-refractivity contribution >= 4 is 22.6 Å². The molecule has 0 atom stereocenters. The average molecular weight is 407 g/mol. The minimum Gasteiger partial charge on any atom is -0.457 e. The lowest BCUT2D eigenvalue weighted by Gasteiger charge is -2.34. The van der Waals surface area contributed by atoms with Gasteiger partial charge in [0.2, 0.25) is 5.79 Å². The van der Waals surface area contributed by atoms with E-state index in [9.17, 15) is 15.0 Å². The molecule has 8 heteroatoms. The van der Waals surface area contributed by atoms with Gasteiger partial charge in [-0.05, 0) is 51.6 Å². The van der Waals surface area contributed by atoms with E-state index >= 15 is 0 Å². The SMILES string of the molecule is C=C(C)C(=O)OCC(O)(O)COCCC[Si](C)(C)O[Si](C)(C)CCCC. The van der Waals surface area contributed by atoms with Gasteiger partial charge in [0, 0.05) is 12.2 Å². The minimum absolute atomic E-state index is 0.208. The van der Waals surface area contributed by atoms with Crippen molar-refractivity contribution in [2.75, 3.05) is 19.8 Å². The third-order valence-electron chi connectivity index (χ3n) is 3.87. The molecule has 0 amide bonds. The Bertz CT molecular complexity index is 449. The first-order valence-electron chi connectivity index (χ1n) is 9.35. The lowest BCUT2D eigenvalue weighted by atomic mass is 10.3. The molecule has 0 radical (unpaired) electrons. The summed E-state index contributed by atoms with van der Waals surface area (Å²) in [6, 6.07) is 2.15. The van der Waals surface area contributed by atoms with E-state index in [0.717, 1.165) is 12.5 Å². The summed E-state index contributed by atoms with van der Waals surface area (Å²) in [4.78, 5) is 11.3. The van der Waals surface area contributed by atoms with Gasteiger partial charge in [0.15, 0.2) is 16.6 Å². The number of rotatable bonds is 14. The maximum atomic E-state index is 11.3. The number of aliphatic hydroxyl groups is 2. The highest BCUT2D eigenvalue weighted by Crippen LogP contribution is 2.24. The van der Waals surface area contributed by atoms with Gasteiger partial charge in [0.1, 0.15) is 13.2 Å². The van der Waals surface area contributed by atoms with Crippen molar-refractivity contribution in [3.63, 3.8) is 0 Å². The molecule has 0 bridgehead atoms. The van der Waals surface area contributed by atoms with Crippen LogP contribution in [-0.4, -0.2) is 58.4 Å².